The monoisotopic (exact) mass is 293 g/mol. The van der Waals surface area contributed by atoms with Crippen molar-refractivity contribution in [1.82, 2.24) is 9.03 Å². The third kappa shape index (κ3) is 4.63. The summed E-state index contributed by atoms with van der Waals surface area (Å²) in [5, 5.41) is 0. The van der Waals surface area contributed by atoms with Gasteiger partial charge in [0, 0.05) is 18.6 Å². The maximum atomic E-state index is 12.1. The summed E-state index contributed by atoms with van der Waals surface area (Å²) in [7, 11) is -3.84. The van der Waals surface area contributed by atoms with Gasteiger partial charge in [0.05, 0.1) is 6.61 Å². The van der Waals surface area contributed by atoms with Crippen molar-refractivity contribution < 1.29 is 17.9 Å². The van der Waals surface area contributed by atoms with Crippen LogP contribution < -0.4 is 10.5 Å². The zero-order chi connectivity index (χ0) is 14.5. The average Bonchev–Trinajstić information content (AvgIpc) is 2.31. The minimum Gasteiger partial charge on any atom is -0.449 e. The topological polar surface area (TPSA) is 102 Å². The van der Waals surface area contributed by atoms with Crippen LogP contribution in [-0.4, -0.2) is 44.1 Å². The van der Waals surface area contributed by atoms with Crippen molar-refractivity contribution in [2.75, 3.05) is 13.2 Å². The van der Waals surface area contributed by atoms with Crippen molar-refractivity contribution in [3.8, 4) is 0 Å². The summed E-state index contributed by atoms with van der Waals surface area (Å²) in [5.74, 6) is 0. The first-order valence-electron chi connectivity index (χ1n) is 6.62. The normalized spacial score (nSPS) is 24.2. The van der Waals surface area contributed by atoms with Crippen LogP contribution in [0.15, 0.2) is 0 Å². The fourth-order valence-corrected chi connectivity index (χ4v) is 3.67. The molecule has 8 heteroatoms. The molecule has 3 N–H and O–H groups in total. The molecule has 0 aromatic rings. The number of carbonyl (C=O) groups is 1. The number of hydrogen-bond donors (Lipinski definition) is 2. The lowest BCUT2D eigenvalue weighted by atomic mass is 9.92. The molecule has 0 saturated heterocycles. The summed E-state index contributed by atoms with van der Waals surface area (Å²) in [6.07, 6.45) is 2.11. The van der Waals surface area contributed by atoms with Gasteiger partial charge in [-0.2, -0.15) is 12.7 Å². The third-order valence-corrected chi connectivity index (χ3v) is 4.86. The molecule has 0 atom stereocenters. The van der Waals surface area contributed by atoms with E-state index in [9.17, 15) is 13.2 Å². The zero-order valence-electron chi connectivity index (χ0n) is 11.5. The van der Waals surface area contributed by atoms with E-state index in [4.69, 9.17) is 5.73 Å². The molecule has 0 spiro atoms. The Morgan fingerprint density at radius 3 is 2.37 bits per heavy atom. The predicted octanol–water partition coefficient (Wildman–Crippen LogP) is 0.569. The maximum absolute atomic E-state index is 12.1. The Hall–Kier alpha value is -0.860. The fraction of sp³-hybridized carbons (Fsp3) is 0.909. The van der Waals surface area contributed by atoms with E-state index in [1.807, 2.05) is 4.72 Å². The van der Waals surface area contributed by atoms with Crippen LogP contribution in [0.5, 0.6) is 0 Å². The van der Waals surface area contributed by atoms with Gasteiger partial charge in [-0.05, 0) is 32.6 Å². The molecule has 1 fully saturated rings. The minimum absolute atomic E-state index is 0.100. The van der Waals surface area contributed by atoms with Crippen LogP contribution in [0.2, 0.25) is 0 Å². The van der Waals surface area contributed by atoms with Crippen LogP contribution in [0.25, 0.3) is 0 Å². The Morgan fingerprint density at radius 1 is 1.32 bits per heavy atom. The van der Waals surface area contributed by atoms with Crippen molar-refractivity contribution in [1.29, 1.82) is 0 Å². The van der Waals surface area contributed by atoms with Gasteiger partial charge in [-0.25, -0.2) is 9.52 Å². The van der Waals surface area contributed by atoms with E-state index < -0.39 is 16.3 Å². The van der Waals surface area contributed by atoms with Crippen LogP contribution in [0.4, 0.5) is 4.79 Å². The lowest BCUT2D eigenvalue weighted by molar-refractivity contribution is 0.157. The first-order valence-corrected chi connectivity index (χ1v) is 8.06. The SMILES string of the molecule is CCOC(=O)NS(=O)(=O)N(CC)C1CCC(N)CC1. The lowest BCUT2D eigenvalue weighted by Crippen LogP contribution is -2.50. The molecule has 0 radical (unpaired) electrons. The molecule has 112 valence electrons. The van der Waals surface area contributed by atoms with Gasteiger partial charge >= 0.3 is 16.3 Å². The van der Waals surface area contributed by atoms with Crippen LogP contribution >= 0.6 is 0 Å². The second-order valence-corrected chi connectivity index (χ2v) is 6.22. The largest absolute Gasteiger partial charge is 0.449 e. The zero-order valence-corrected chi connectivity index (χ0v) is 12.3. The van der Waals surface area contributed by atoms with Gasteiger partial charge in [-0.15, -0.1) is 0 Å². The number of hydrogen-bond acceptors (Lipinski definition) is 5. The van der Waals surface area contributed by atoms with Crippen molar-refractivity contribution in [3.05, 3.63) is 0 Å². The number of nitrogens with one attached hydrogen (secondary N) is 1. The number of nitrogens with two attached hydrogens (primary N) is 1. The van der Waals surface area contributed by atoms with Gasteiger partial charge in [0.25, 0.3) is 0 Å². The second-order valence-electron chi connectivity index (χ2n) is 4.60. The Balaban J connectivity index is 2.69. The van der Waals surface area contributed by atoms with E-state index >= 15 is 0 Å². The number of ether oxygens (including phenoxy) is 1. The molecule has 0 aliphatic heterocycles. The van der Waals surface area contributed by atoms with E-state index in [0.29, 0.717) is 6.54 Å². The Bertz CT molecular complexity index is 391. The summed E-state index contributed by atoms with van der Waals surface area (Å²) in [4.78, 5) is 11.3. The minimum atomic E-state index is -3.84. The van der Waals surface area contributed by atoms with E-state index in [-0.39, 0.29) is 18.7 Å². The van der Waals surface area contributed by atoms with Gasteiger partial charge in [-0.1, -0.05) is 6.92 Å². The standard InChI is InChI=1S/C11H23N3O4S/c1-3-14(10-7-5-9(12)6-8-10)19(16,17)13-11(15)18-4-2/h9-10H,3-8,12H2,1-2H3,(H,13,15). The number of rotatable bonds is 5. The quantitative estimate of drug-likeness (QED) is 0.771. The average molecular weight is 293 g/mol. The molecule has 0 unspecified atom stereocenters. The van der Waals surface area contributed by atoms with Crippen LogP contribution in [0, 0.1) is 0 Å². The second kappa shape index (κ2) is 7.06. The molecule has 19 heavy (non-hydrogen) atoms. The van der Waals surface area contributed by atoms with Crippen molar-refractivity contribution in [2.24, 2.45) is 5.73 Å². The van der Waals surface area contributed by atoms with E-state index in [1.165, 1.54) is 4.31 Å². The molecule has 1 amide bonds. The molecule has 1 aliphatic rings. The third-order valence-electron chi connectivity index (χ3n) is 3.26. The number of carbonyl (C=O) groups excluding carboxylic acids is 1. The molecule has 1 rings (SSSR count). The first-order chi connectivity index (χ1) is 8.90. The molecule has 1 aliphatic carbocycles. The molecular weight excluding hydrogens is 270 g/mol. The highest BCUT2D eigenvalue weighted by molar-refractivity contribution is 7.87. The molecule has 1 saturated carbocycles. The molecule has 0 aromatic heterocycles. The van der Waals surface area contributed by atoms with E-state index in [1.54, 1.807) is 13.8 Å². The Morgan fingerprint density at radius 2 is 1.89 bits per heavy atom. The summed E-state index contributed by atoms with van der Waals surface area (Å²) in [6, 6.07) is 0.0485. The molecule has 0 bridgehead atoms. The van der Waals surface area contributed by atoms with Gasteiger partial charge < -0.3 is 10.5 Å². The van der Waals surface area contributed by atoms with E-state index in [2.05, 4.69) is 4.74 Å². The molecule has 0 heterocycles. The van der Waals surface area contributed by atoms with Crippen molar-refractivity contribution in [3.63, 3.8) is 0 Å². The van der Waals surface area contributed by atoms with Crippen molar-refractivity contribution >= 4 is 16.3 Å². The van der Waals surface area contributed by atoms with Gasteiger partial charge in [-0.3, -0.25) is 0 Å². The maximum Gasteiger partial charge on any atom is 0.421 e. The number of nitrogens with zero attached hydrogens (tertiary/aromatic N) is 1. The van der Waals surface area contributed by atoms with Crippen molar-refractivity contribution in [2.45, 2.75) is 51.6 Å². The summed E-state index contributed by atoms with van der Waals surface area (Å²) in [5.41, 5.74) is 5.81. The predicted molar refractivity (Wildman–Crippen MR) is 71.7 cm³/mol. The Labute approximate surface area is 114 Å². The first kappa shape index (κ1) is 16.2. The van der Waals surface area contributed by atoms with Crippen LogP contribution in [0.1, 0.15) is 39.5 Å². The fourth-order valence-electron chi connectivity index (χ4n) is 2.34. The lowest BCUT2D eigenvalue weighted by Gasteiger charge is -2.34. The molecule has 0 aromatic carbocycles. The summed E-state index contributed by atoms with van der Waals surface area (Å²) in [6.45, 7) is 3.81. The van der Waals surface area contributed by atoms with E-state index in [0.717, 1.165) is 25.7 Å². The Kier molecular flexibility index (Phi) is 6.02. The highest BCUT2D eigenvalue weighted by atomic mass is 32.2. The van der Waals surface area contributed by atoms with Gasteiger partial charge in [0.2, 0.25) is 0 Å². The van der Waals surface area contributed by atoms with Gasteiger partial charge in [0.1, 0.15) is 0 Å². The summed E-state index contributed by atoms with van der Waals surface area (Å²) >= 11 is 0. The van der Waals surface area contributed by atoms with Gasteiger partial charge in [0.15, 0.2) is 0 Å². The van der Waals surface area contributed by atoms with Crippen LogP contribution in [-0.2, 0) is 14.9 Å². The highest BCUT2D eigenvalue weighted by Gasteiger charge is 2.32. The highest BCUT2D eigenvalue weighted by Crippen LogP contribution is 2.23. The smallest absolute Gasteiger partial charge is 0.421 e. The number of amides is 1. The molecular formula is C11H23N3O4S. The van der Waals surface area contributed by atoms with Crippen LogP contribution in [0.3, 0.4) is 0 Å². The molecule has 7 nitrogen and oxygen atoms in total. The summed E-state index contributed by atoms with van der Waals surface area (Å²) < 4.78 is 32.1.